The van der Waals surface area contributed by atoms with Crippen molar-refractivity contribution in [2.45, 2.75) is 19.8 Å². The molecule has 1 amide bonds. The van der Waals surface area contributed by atoms with Gasteiger partial charge in [0.25, 0.3) is 0 Å². The molecule has 3 heteroatoms. The maximum atomic E-state index is 11.5. The van der Waals surface area contributed by atoms with Gasteiger partial charge < -0.3 is 5.32 Å². The second-order valence-corrected chi connectivity index (χ2v) is 4.13. The second-order valence-electron chi connectivity index (χ2n) is 4.13. The van der Waals surface area contributed by atoms with Crippen molar-refractivity contribution in [2.24, 2.45) is 0 Å². The summed E-state index contributed by atoms with van der Waals surface area (Å²) in [6, 6.07) is 11.9. The fraction of sp³-hybridized carbons (Fsp3) is 0.200. The van der Waals surface area contributed by atoms with Crippen LogP contribution in [0.5, 0.6) is 0 Å². The molecule has 0 atom stereocenters. The summed E-state index contributed by atoms with van der Waals surface area (Å²) in [4.78, 5) is 15.7. The quantitative estimate of drug-likeness (QED) is 0.888. The lowest BCUT2D eigenvalue weighted by Gasteiger charge is -2.06. The van der Waals surface area contributed by atoms with E-state index in [9.17, 15) is 4.79 Å². The summed E-state index contributed by atoms with van der Waals surface area (Å²) in [7, 11) is 0. The van der Waals surface area contributed by atoms with Crippen LogP contribution in [0, 0.1) is 0 Å². The number of amides is 1. The molecule has 1 N–H and O–H groups in total. The molecular formula is C15H16N2O. The Kier molecular flexibility index (Phi) is 4.07. The maximum Gasteiger partial charge on any atom is 0.224 e. The van der Waals surface area contributed by atoms with Crippen molar-refractivity contribution in [2.75, 3.05) is 5.32 Å². The van der Waals surface area contributed by atoms with E-state index < -0.39 is 0 Å². The number of carbonyl (C=O) groups is 1. The third-order valence-corrected chi connectivity index (χ3v) is 2.61. The van der Waals surface area contributed by atoms with Gasteiger partial charge in [-0.25, -0.2) is 0 Å². The van der Waals surface area contributed by atoms with E-state index in [1.54, 1.807) is 12.4 Å². The van der Waals surface area contributed by atoms with E-state index in [-0.39, 0.29) is 5.91 Å². The number of nitrogens with one attached hydrogen (secondary N) is 1. The molecule has 92 valence electrons. The standard InChI is InChI=1S/C15H16N2O/c1-2-6-15(18)17-14-9-13(10-16-11-14)12-7-4-3-5-8-12/h3-5,7-11H,2,6H2,1H3,(H,17,18). The predicted molar refractivity (Wildman–Crippen MR) is 73.2 cm³/mol. The van der Waals surface area contributed by atoms with Crippen molar-refractivity contribution in [3.63, 3.8) is 0 Å². The molecule has 1 aromatic heterocycles. The number of aromatic nitrogens is 1. The minimum absolute atomic E-state index is 0.0320. The molecule has 2 aromatic rings. The number of pyridine rings is 1. The molecule has 0 fully saturated rings. The Morgan fingerprint density at radius 2 is 1.94 bits per heavy atom. The number of hydrogen-bond donors (Lipinski definition) is 1. The lowest BCUT2D eigenvalue weighted by molar-refractivity contribution is -0.116. The first-order chi connectivity index (χ1) is 8.79. The molecule has 0 unspecified atom stereocenters. The number of hydrogen-bond acceptors (Lipinski definition) is 2. The third kappa shape index (κ3) is 3.17. The molecule has 2 rings (SSSR count). The van der Waals surface area contributed by atoms with E-state index in [2.05, 4.69) is 10.3 Å². The highest BCUT2D eigenvalue weighted by atomic mass is 16.1. The van der Waals surface area contributed by atoms with Gasteiger partial charge in [0.2, 0.25) is 5.91 Å². The van der Waals surface area contributed by atoms with E-state index in [1.165, 1.54) is 0 Å². The average molecular weight is 240 g/mol. The summed E-state index contributed by atoms with van der Waals surface area (Å²) in [6.45, 7) is 1.98. The Labute approximate surface area is 107 Å². The van der Waals surface area contributed by atoms with Crippen LogP contribution in [0.4, 0.5) is 5.69 Å². The highest BCUT2D eigenvalue weighted by Crippen LogP contribution is 2.20. The minimum atomic E-state index is 0.0320. The largest absolute Gasteiger partial charge is 0.325 e. The number of nitrogens with zero attached hydrogens (tertiary/aromatic N) is 1. The molecule has 1 aromatic carbocycles. The van der Waals surface area contributed by atoms with E-state index >= 15 is 0 Å². The van der Waals surface area contributed by atoms with Crippen LogP contribution < -0.4 is 5.32 Å². The Hall–Kier alpha value is -2.16. The number of anilines is 1. The molecule has 0 radical (unpaired) electrons. The van der Waals surface area contributed by atoms with E-state index in [1.807, 2.05) is 43.3 Å². The molecule has 3 nitrogen and oxygen atoms in total. The van der Waals surface area contributed by atoms with Crippen molar-refractivity contribution < 1.29 is 4.79 Å². The lowest BCUT2D eigenvalue weighted by Crippen LogP contribution is -2.10. The van der Waals surface area contributed by atoms with Gasteiger partial charge in [-0.3, -0.25) is 9.78 Å². The Balaban J connectivity index is 2.18. The second kappa shape index (κ2) is 5.96. The van der Waals surface area contributed by atoms with Gasteiger partial charge in [-0.1, -0.05) is 37.3 Å². The fourth-order valence-corrected chi connectivity index (χ4v) is 1.75. The fourth-order valence-electron chi connectivity index (χ4n) is 1.75. The molecule has 0 saturated heterocycles. The van der Waals surface area contributed by atoms with Crippen molar-refractivity contribution in [1.29, 1.82) is 0 Å². The first-order valence-electron chi connectivity index (χ1n) is 6.10. The number of carbonyl (C=O) groups excluding carboxylic acids is 1. The van der Waals surface area contributed by atoms with Crippen LogP contribution in [0.1, 0.15) is 19.8 Å². The van der Waals surface area contributed by atoms with Crippen molar-refractivity contribution in [3.05, 3.63) is 48.8 Å². The van der Waals surface area contributed by atoms with Crippen LogP contribution in [0.3, 0.4) is 0 Å². The topological polar surface area (TPSA) is 42.0 Å². The van der Waals surface area contributed by atoms with Crippen LogP contribution in [-0.4, -0.2) is 10.9 Å². The lowest BCUT2D eigenvalue weighted by atomic mass is 10.1. The average Bonchev–Trinajstić information content (AvgIpc) is 2.40. The summed E-state index contributed by atoms with van der Waals surface area (Å²) in [5, 5.41) is 2.85. The highest BCUT2D eigenvalue weighted by Gasteiger charge is 2.03. The Bertz CT molecular complexity index is 523. The van der Waals surface area contributed by atoms with Gasteiger partial charge in [0.15, 0.2) is 0 Å². The van der Waals surface area contributed by atoms with Crippen molar-refractivity contribution in [3.8, 4) is 11.1 Å². The van der Waals surface area contributed by atoms with Gasteiger partial charge in [-0.15, -0.1) is 0 Å². The van der Waals surface area contributed by atoms with Gasteiger partial charge >= 0.3 is 0 Å². The molecule has 18 heavy (non-hydrogen) atoms. The smallest absolute Gasteiger partial charge is 0.224 e. The number of rotatable bonds is 4. The molecule has 0 bridgehead atoms. The maximum absolute atomic E-state index is 11.5. The minimum Gasteiger partial charge on any atom is -0.325 e. The van der Waals surface area contributed by atoms with Crippen molar-refractivity contribution in [1.82, 2.24) is 4.98 Å². The van der Waals surface area contributed by atoms with Gasteiger partial charge in [0.1, 0.15) is 0 Å². The summed E-state index contributed by atoms with van der Waals surface area (Å²) >= 11 is 0. The SMILES string of the molecule is CCCC(=O)Nc1cncc(-c2ccccc2)c1. The molecule has 0 aliphatic carbocycles. The normalized spacial score (nSPS) is 10.1. The van der Waals surface area contributed by atoms with Gasteiger partial charge in [-0.05, 0) is 18.1 Å². The molecule has 0 aliphatic heterocycles. The first kappa shape index (κ1) is 12.3. The molecule has 1 heterocycles. The highest BCUT2D eigenvalue weighted by molar-refractivity contribution is 5.91. The Morgan fingerprint density at radius 3 is 2.67 bits per heavy atom. The molecule has 0 saturated carbocycles. The summed E-state index contributed by atoms with van der Waals surface area (Å²) in [5.74, 6) is 0.0320. The zero-order valence-electron chi connectivity index (χ0n) is 10.4. The molecule has 0 aliphatic rings. The van der Waals surface area contributed by atoms with Crippen LogP contribution in [-0.2, 0) is 4.79 Å². The van der Waals surface area contributed by atoms with Crippen molar-refractivity contribution >= 4 is 11.6 Å². The summed E-state index contributed by atoms with van der Waals surface area (Å²) in [6.07, 6.45) is 4.85. The van der Waals surface area contributed by atoms with Crippen LogP contribution in [0.15, 0.2) is 48.8 Å². The van der Waals surface area contributed by atoms with Gasteiger partial charge in [0, 0.05) is 18.2 Å². The van der Waals surface area contributed by atoms with E-state index in [0.717, 1.165) is 23.2 Å². The third-order valence-electron chi connectivity index (χ3n) is 2.61. The first-order valence-corrected chi connectivity index (χ1v) is 6.10. The van der Waals surface area contributed by atoms with E-state index in [4.69, 9.17) is 0 Å². The predicted octanol–water partition coefficient (Wildman–Crippen LogP) is 3.49. The monoisotopic (exact) mass is 240 g/mol. The zero-order chi connectivity index (χ0) is 12.8. The molecule has 0 spiro atoms. The van der Waals surface area contributed by atoms with Gasteiger partial charge in [0.05, 0.1) is 11.9 Å². The number of benzene rings is 1. The van der Waals surface area contributed by atoms with Crippen LogP contribution in [0.25, 0.3) is 11.1 Å². The zero-order valence-corrected chi connectivity index (χ0v) is 10.4. The summed E-state index contributed by atoms with van der Waals surface area (Å²) in [5.41, 5.74) is 2.84. The Morgan fingerprint density at radius 1 is 1.17 bits per heavy atom. The summed E-state index contributed by atoms with van der Waals surface area (Å²) < 4.78 is 0. The van der Waals surface area contributed by atoms with E-state index in [0.29, 0.717) is 6.42 Å². The van der Waals surface area contributed by atoms with Crippen LogP contribution in [0.2, 0.25) is 0 Å². The van der Waals surface area contributed by atoms with Crippen LogP contribution >= 0.6 is 0 Å². The van der Waals surface area contributed by atoms with Gasteiger partial charge in [-0.2, -0.15) is 0 Å². The molecular weight excluding hydrogens is 224 g/mol.